The molecule has 2 aromatic heterocycles. The molecule has 0 bridgehead atoms. The number of aromatic nitrogens is 1. The van der Waals surface area contributed by atoms with E-state index in [4.69, 9.17) is 0 Å². The zero-order valence-electron chi connectivity index (χ0n) is 13.7. The van der Waals surface area contributed by atoms with Crippen molar-refractivity contribution in [2.24, 2.45) is 0 Å². The van der Waals surface area contributed by atoms with Crippen molar-refractivity contribution in [1.82, 2.24) is 15.6 Å². The molecule has 5 nitrogen and oxygen atoms in total. The van der Waals surface area contributed by atoms with Crippen molar-refractivity contribution < 1.29 is 14.0 Å². The van der Waals surface area contributed by atoms with Crippen LogP contribution in [-0.2, 0) is 22.6 Å². The normalized spacial score (nSPS) is 10.5. The van der Waals surface area contributed by atoms with Crippen LogP contribution in [-0.4, -0.2) is 23.3 Å². The van der Waals surface area contributed by atoms with Crippen molar-refractivity contribution in [2.45, 2.75) is 13.0 Å². The third-order valence-electron chi connectivity index (χ3n) is 3.50. The monoisotopic (exact) mass is 389 g/mol. The lowest BCUT2D eigenvalue weighted by molar-refractivity contribution is -0.139. The van der Waals surface area contributed by atoms with Crippen LogP contribution < -0.4 is 10.6 Å². The summed E-state index contributed by atoms with van der Waals surface area (Å²) in [6.07, 6.45) is 0.496. The lowest BCUT2D eigenvalue weighted by Crippen LogP contribution is -2.40. The van der Waals surface area contributed by atoms with Crippen LogP contribution in [0.2, 0.25) is 0 Å². The predicted octanol–water partition coefficient (Wildman–Crippen LogP) is 2.99. The minimum absolute atomic E-state index is 0.303. The Labute approximate surface area is 157 Å². The summed E-state index contributed by atoms with van der Waals surface area (Å²) in [5.74, 6) is -1.63. The quantitative estimate of drug-likeness (QED) is 0.637. The van der Waals surface area contributed by atoms with E-state index in [9.17, 15) is 14.0 Å². The van der Waals surface area contributed by atoms with Crippen molar-refractivity contribution in [3.05, 3.63) is 63.5 Å². The van der Waals surface area contributed by atoms with Crippen LogP contribution in [0.15, 0.2) is 47.2 Å². The van der Waals surface area contributed by atoms with Crippen molar-refractivity contribution >= 4 is 34.5 Å². The fourth-order valence-corrected chi connectivity index (χ4v) is 3.72. The first-order chi connectivity index (χ1) is 12.6. The molecule has 0 saturated carbocycles. The molecule has 3 aromatic rings. The van der Waals surface area contributed by atoms with E-state index >= 15 is 0 Å². The second-order valence-corrected chi connectivity index (χ2v) is 7.31. The Morgan fingerprint density at radius 1 is 1.08 bits per heavy atom. The highest BCUT2D eigenvalue weighted by Crippen LogP contribution is 2.24. The van der Waals surface area contributed by atoms with Gasteiger partial charge in [0.1, 0.15) is 10.8 Å². The molecule has 0 spiro atoms. The Kier molecular flexibility index (Phi) is 6.08. The molecule has 8 heteroatoms. The van der Waals surface area contributed by atoms with Gasteiger partial charge in [-0.15, -0.1) is 22.7 Å². The van der Waals surface area contributed by atoms with Gasteiger partial charge in [0.05, 0.1) is 12.2 Å². The fourth-order valence-electron chi connectivity index (χ4n) is 2.22. The first kappa shape index (κ1) is 18.2. The predicted molar refractivity (Wildman–Crippen MR) is 100 cm³/mol. The molecule has 0 unspecified atom stereocenters. The van der Waals surface area contributed by atoms with Gasteiger partial charge in [0.2, 0.25) is 0 Å². The number of rotatable bonds is 6. The van der Waals surface area contributed by atoms with E-state index in [1.54, 1.807) is 12.1 Å². The number of benzene rings is 1. The third-order valence-corrected chi connectivity index (χ3v) is 5.32. The Bertz CT molecular complexity index is 893. The molecular formula is C18H16FN3O2S2. The highest BCUT2D eigenvalue weighted by Gasteiger charge is 2.13. The fraction of sp³-hybridized carbons (Fsp3) is 0.167. The Balaban J connectivity index is 1.44. The summed E-state index contributed by atoms with van der Waals surface area (Å²) in [4.78, 5) is 28.9. The van der Waals surface area contributed by atoms with E-state index in [1.165, 1.54) is 34.8 Å². The zero-order valence-corrected chi connectivity index (χ0v) is 15.3. The summed E-state index contributed by atoms with van der Waals surface area (Å²) in [6, 6.07) is 10.0. The maximum atomic E-state index is 13.3. The number of nitrogens with zero attached hydrogens (tertiary/aromatic N) is 1. The van der Waals surface area contributed by atoms with E-state index in [0.717, 1.165) is 21.1 Å². The van der Waals surface area contributed by atoms with Gasteiger partial charge in [-0.05, 0) is 23.6 Å². The number of hydrogen-bond donors (Lipinski definition) is 2. The Morgan fingerprint density at radius 2 is 1.92 bits per heavy atom. The number of amides is 2. The summed E-state index contributed by atoms with van der Waals surface area (Å²) in [6.45, 7) is 0.643. The highest BCUT2D eigenvalue weighted by atomic mass is 32.1. The molecule has 0 radical (unpaired) electrons. The van der Waals surface area contributed by atoms with Crippen LogP contribution >= 0.6 is 22.7 Å². The van der Waals surface area contributed by atoms with Gasteiger partial charge < -0.3 is 10.6 Å². The van der Waals surface area contributed by atoms with E-state index in [0.29, 0.717) is 19.5 Å². The molecule has 0 fully saturated rings. The Morgan fingerprint density at radius 3 is 2.69 bits per heavy atom. The van der Waals surface area contributed by atoms with Gasteiger partial charge >= 0.3 is 11.8 Å². The first-order valence-corrected chi connectivity index (χ1v) is 9.66. The van der Waals surface area contributed by atoms with E-state index in [2.05, 4.69) is 15.6 Å². The molecule has 2 amide bonds. The van der Waals surface area contributed by atoms with Crippen LogP contribution in [0.3, 0.4) is 0 Å². The minimum Gasteiger partial charge on any atom is -0.347 e. The third kappa shape index (κ3) is 4.96. The molecule has 1 aromatic carbocycles. The van der Waals surface area contributed by atoms with Crippen molar-refractivity contribution in [1.29, 1.82) is 0 Å². The molecule has 2 heterocycles. The van der Waals surface area contributed by atoms with Gasteiger partial charge in [0.15, 0.2) is 0 Å². The van der Waals surface area contributed by atoms with Crippen LogP contribution in [0.5, 0.6) is 0 Å². The number of halogens is 1. The molecular weight excluding hydrogens is 373 g/mol. The smallest absolute Gasteiger partial charge is 0.309 e. The minimum atomic E-state index is -0.665. The van der Waals surface area contributed by atoms with Gasteiger partial charge in [-0.3, -0.25) is 9.59 Å². The first-order valence-electron chi connectivity index (χ1n) is 7.90. The SMILES string of the molecule is O=C(NCCc1csc(-c2cccc(F)c2)n1)C(=O)NCc1cccs1. The number of nitrogens with one attached hydrogen (secondary N) is 2. The number of thiophene rings is 1. The van der Waals surface area contributed by atoms with Crippen molar-refractivity contribution in [3.8, 4) is 10.6 Å². The maximum absolute atomic E-state index is 13.3. The van der Waals surface area contributed by atoms with Gasteiger partial charge in [0, 0.05) is 28.8 Å². The molecule has 2 N–H and O–H groups in total. The van der Waals surface area contributed by atoms with E-state index in [-0.39, 0.29) is 5.82 Å². The van der Waals surface area contributed by atoms with Crippen LogP contribution in [0.1, 0.15) is 10.6 Å². The molecule has 0 aliphatic carbocycles. The second-order valence-electron chi connectivity index (χ2n) is 5.42. The highest BCUT2D eigenvalue weighted by molar-refractivity contribution is 7.13. The standard InChI is InChI=1S/C18H16FN3O2S2/c19-13-4-1-3-12(9-13)18-22-14(11-26-18)6-7-20-16(23)17(24)21-10-15-5-2-8-25-15/h1-5,8-9,11H,6-7,10H2,(H,20,23)(H,21,24). The summed E-state index contributed by atoms with van der Waals surface area (Å²) in [5, 5.41) is 9.65. The van der Waals surface area contributed by atoms with E-state index in [1.807, 2.05) is 22.9 Å². The molecule has 0 saturated heterocycles. The van der Waals surface area contributed by atoms with Gasteiger partial charge in [0.25, 0.3) is 0 Å². The van der Waals surface area contributed by atoms with Crippen molar-refractivity contribution in [3.63, 3.8) is 0 Å². The van der Waals surface area contributed by atoms with Crippen LogP contribution in [0, 0.1) is 5.82 Å². The molecule has 0 aliphatic heterocycles. The van der Waals surface area contributed by atoms with Crippen molar-refractivity contribution in [2.75, 3.05) is 6.54 Å². The van der Waals surface area contributed by atoms with E-state index < -0.39 is 11.8 Å². The van der Waals surface area contributed by atoms with Crippen LogP contribution in [0.25, 0.3) is 10.6 Å². The molecule has 0 aliphatic rings. The molecule has 0 atom stereocenters. The number of hydrogen-bond acceptors (Lipinski definition) is 5. The maximum Gasteiger partial charge on any atom is 0.309 e. The summed E-state index contributed by atoms with van der Waals surface area (Å²) < 4.78 is 13.3. The average molecular weight is 389 g/mol. The lowest BCUT2D eigenvalue weighted by Gasteiger charge is -2.04. The van der Waals surface area contributed by atoms with Gasteiger partial charge in [-0.1, -0.05) is 18.2 Å². The zero-order chi connectivity index (χ0) is 18.4. The molecule has 3 rings (SSSR count). The molecule has 134 valence electrons. The number of thiazole rings is 1. The van der Waals surface area contributed by atoms with Gasteiger partial charge in [-0.25, -0.2) is 9.37 Å². The second kappa shape index (κ2) is 8.68. The number of carbonyl (C=O) groups is 2. The van der Waals surface area contributed by atoms with Gasteiger partial charge in [-0.2, -0.15) is 0 Å². The lowest BCUT2D eigenvalue weighted by atomic mass is 10.2. The largest absolute Gasteiger partial charge is 0.347 e. The molecule has 26 heavy (non-hydrogen) atoms. The summed E-state index contributed by atoms with van der Waals surface area (Å²) >= 11 is 2.93. The number of carbonyl (C=O) groups excluding carboxylic acids is 2. The topological polar surface area (TPSA) is 71.1 Å². The Hall–Kier alpha value is -2.58. The average Bonchev–Trinajstić information content (AvgIpc) is 3.31. The summed E-state index contributed by atoms with van der Waals surface area (Å²) in [7, 11) is 0. The summed E-state index contributed by atoms with van der Waals surface area (Å²) in [5.41, 5.74) is 1.51. The van der Waals surface area contributed by atoms with Crippen LogP contribution in [0.4, 0.5) is 4.39 Å².